The van der Waals surface area contributed by atoms with Gasteiger partial charge in [-0.3, -0.25) is 9.69 Å². The molecule has 4 nitrogen and oxygen atoms in total. The zero-order chi connectivity index (χ0) is 14.4. The lowest BCUT2D eigenvalue weighted by atomic mass is 10.1. The second-order valence-electron chi connectivity index (χ2n) is 5.41. The summed E-state index contributed by atoms with van der Waals surface area (Å²) < 4.78 is 0. The summed E-state index contributed by atoms with van der Waals surface area (Å²) in [7, 11) is 1.91. The molecule has 1 aliphatic heterocycles. The van der Waals surface area contributed by atoms with E-state index in [4.69, 9.17) is 0 Å². The van der Waals surface area contributed by atoms with Crippen LogP contribution in [0.15, 0.2) is 18.2 Å². The van der Waals surface area contributed by atoms with Gasteiger partial charge in [0.25, 0.3) is 0 Å². The van der Waals surface area contributed by atoms with Gasteiger partial charge in [0.1, 0.15) is 0 Å². The van der Waals surface area contributed by atoms with Gasteiger partial charge in [-0.1, -0.05) is 19.1 Å². The Morgan fingerprint density at radius 1 is 1.35 bits per heavy atom. The third-order valence-corrected chi connectivity index (χ3v) is 3.69. The van der Waals surface area contributed by atoms with Crippen molar-refractivity contribution in [3.8, 4) is 0 Å². The van der Waals surface area contributed by atoms with Crippen LogP contribution in [0.25, 0.3) is 0 Å². The molecule has 1 amide bonds. The molecule has 20 heavy (non-hydrogen) atoms. The molecule has 0 spiro atoms. The van der Waals surface area contributed by atoms with E-state index in [1.807, 2.05) is 19.2 Å². The lowest BCUT2D eigenvalue weighted by molar-refractivity contribution is -0.116. The van der Waals surface area contributed by atoms with E-state index in [1.165, 1.54) is 17.5 Å². The monoisotopic (exact) mass is 275 g/mol. The lowest BCUT2D eigenvalue weighted by Crippen LogP contribution is -2.18. The van der Waals surface area contributed by atoms with Crippen LogP contribution in [0.5, 0.6) is 0 Å². The van der Waals surface area contributed by atoms with E-state index in [9.17, 15) is 4.79 Å². The topological polar surface area (TPSA) is 44.4 Å². The van der Waals surface area contributed by atoms with Crippen molar-refractivity contribution in [3.63, 3.8) is 0 Å². The molecule has 0 aromatic heterocycles. The largest absolute Gasteiger partial charge is 0.326 e. The van der Waals surface area contributed by atoms with E-state index in [1.54, 1.807) is 0 Å². The normalized spacial score (nSPS) is 14.3. The summed E-state index contributed by atoms with van der Waals surface area (Å²) in [5.41, 5.74) is 3.64. The number of carbonyl (C=O) groups is 1. The van der Waals surface area contributed by atoms with Crippen LogP contribution < -0.4 is 10.6 Å². The van der Waals surface area contributed by atoms with Crippen molar-refractivity contribution in [2.24, 2.45) is 0 Å². The van der Waals surface area contributed by atoms with Gasteiger partial charge in [-0.15, -0.1) is 0 Å². The highest BCUT2D eigenvalue weighted by atomic mass is 16.1. The molecule has 1 aromatic rings. The Morgan fingerprint density at radius 2 is 2.20 bits per heavy atom. The van der Waals surface area contributed by atoms with Gasteiger partial charge < -0.3 is 10.6 Å². The van der Waals surface area contributed by atoms with E-state index in [0.717, 1.165) is 38.3 Å². The van der Waals surface area contributed by atoms with Crippen LogP contribution in [0.4, 0.5) is 5.69 Å². The van der Waals surface area contributed by atoms with Gasteiger partial charge >= 0.3 is 0 Å². The molecule has 0 saturated carbocycles. The SMILES string of the molecule is CCCN1Cc2cccc(NC(=O)CCCNC)c2C1. The molecular weight excluding hydrogens is 250 g/mol. The predicted molar refractivity (Wildman–Crippen MR) is 82.6 cm³/mol. The average molecular weight is 275 g/mol. The van der Waals surface area contributed by atoms with E-state index < -0.39 is 0 Å². The first-order chi connectivity index (χ1) is 9.74. The van der Waals surface area contributed by atoms with Crippen molar-refractivity contribution in [2.45, 2.75) is 39.3 Å². The Balaban J connectivity index is 1.97. The Morgan fingerprint density at radius 3 is 2.95 bits per heavy atom. The zero-order valence-electron chi connectivity index (χ0n) is 12.5. The van der Waals surface area contributed by atoms with Crippen LogP contribution in [0, 0.1) is 0 Å². The Kier molecular flexibility index (Phi) is 5.56. The van der Waals surface area contributed by atoms with E-state index in [-0.39, 0.29) is 5.91 Å². The third-order valence-electron chi connectivity index (χ3n) is 3.69. The minimum absolute atomic E-state index is 0.114. The molecule has 1 aliphatic rings. The maximum absolute atomic E-state index is 11.9. The molecule has 2 rings (SSSR count). The minimum atomic E-state index is 0.114. The maximum atomic E-state index is 11.9. The van der Waals surface area contributed by atoms with Gasteiger partial charge in [0.15, 0.2) is 0 Å². The van der Waals surface area contributed by atoms with Gasteiger partial charge in [-0.05, 0) is 50.2 Å². The minimum Gasteiger partial charge on any atom is -0.326 e. The first-order valence-electron chi connectivity index (χ1n) is 7.52. The fourth-order valence-corrected chi connectivity index (χ4v) is 2.72. The van der Waals surface area contributed by atoms with Crippen LogP contribution in [-0.2, 0) is 17.9 Å². The summed E-state index contributed by atoms with van der Waals surface area (Å²) >= 11 is 0. The van der Waals surface area contributed by atoms with E-state index >= 15 is 0 Å². The second kappa shape index (κ2) is 7.41. The average Bonchev–Trinajstić information content (AvgIpc) is 2.83. The van der Waals surface area contributed by atoms with Crippen LogP contribution >= 0.6 is 0 Å². The van der Waals surface area contributed by atoms with Gasteiger partial charge in [-0.25, -0.2) is 0 Å². The van der Waals surface area contributed by atoms with Crippen molar-refractivity contribution in [3.05, 3.63) is 29.3 Å². The highest BCUT2D eigenvalue weighted by molar-refractivity contribution is 5.91. The Labute approximate surface area is 121 Å². The fraction of sp³-hybridized carbons (Fsp3) is 0.562. The maximum Gasteiger partial charge on any atom is 0.224 e. The molecule has 0 unspecified atom stereocenters. The summed E-state index contributed by atoms with van der Waals surface area (Å²) in [5.74, 6) is 0.114. The second-order valence-corrected chi connectivity index (χ2v) is 5.41. The summed E-state index contributed by atoms with van der Waals surface area (Å²) in [6, 6.07) is 6.23. The quantitative estimate of drug-likeness (QED) is 0.751. The van der Waals surface area contributed by atoms with Gasteiger partial charge in [0, 0.05) is 25.2 Å². The molecule has 1 heterocycles. The number of amides is 1. The van der Waals surface area contributed by atoms with Crippen LogP contribution in [0.1, 0.15) is 37.3 Å². The van der Waals surface area contributed by atoms with Crippen molar-refractivity contribution in [2.75, 3.05) is 25.5 Å². The summed E-state index contributed by atoms with van der Waals surface area (Å²) in [4.78, 5) is 14.4. The number of carbonyl (C=O) groups excluding carboxylic acids is 1. The molecule has 2 N–H and O–H groups in total. The molecule has 110 valence electrons. The molecule has 4 heteroatoms. The van der Waals surface area contributed by atoms with E-state index in [2.05, 4.69) is 28.5 Å². The lowest BCUT2D eigenvalue weighted by Gasteiger charge is -2.13. The number of anilines is 1. The zero-order valence-corrected chi connectivity index (χ0v) is 12.5. The third kappa shape index (κ3) is 3.81. The molecule has 0 radical (unpaired) electrons. The van der Waals surface area contributed by atoms with Crippen LogP contribution in [-0.4, -0.2) is 30.9 Å². The molecule has 0 bridgehead atoms. The van der Waals surface area contributed by atoms with Gasteiger partial charge in [-0.2, -0.15) is 0 Å². The molecule has 0 saturated heterocycles. The van der Waals surface area contributed by atoms with Crippen LogP contribution in [0.3, 0.4) is 0 Å². The number of benzene rings is 1. The Bertz CT molecular complexity index is 459. The predicted octanol–water partition coefficient (Wildman–Crippen LogP) is 2.35. The standard InChI is InChI=1S/C16H25N3O/c1-3-10-19-11-13-6-4-7-15(14(13)12-19)18-16(20)8-5-9-17-2/h4,6-7,17H,3,5,8-12H2,1-2H3,(H,18,20). The number of hydrogen-bond donors (Lipinski definition) is 2. The number of nitrogens with one attached hydrogen (secondary N) is 2. The first-order valence-corrected chi connectivity index (χ1v) is 7.52. The highest BCUT2D eigenvalue weighted by Crippen LogP contribution is 2.29. The number of hydrogen-bond acceptors (Lipinski definition) is 3. The molecular formula is C16H25N3O. The van der Waals surface area contributed by atoms with E-state index in [0.29, 0.717) is 6.42 Å². The smallest absolute Gasteiger partial charge is 0.224 e. The van der Waals surface area contributed by atoms with Crippen molar-refractivity contribution in [1.29, 1.82) is 0 Å². The van der Waals surface area contributed by atoms with Crippen molar-refractivity contribution < 1.29 is 4.79 Å². The molecule has 0 aliphatic carbocycles. The Hall–Kier alpha value is -1.39. The molecule has 0 atom stereocenters. The van der Waals surface area contributed by atoms with Crippen molar-refractivity contribution in [1.82, 2.24) is 10.2 Å². The first kappa shape index (κ1) is 15.0. The summed E-state index contributed by atoms with van der Waals surface area (Å²) in [6.07, 6.45) is 2.61. The van der Waals surface area contributed by atoms with Crippen LogP contribution in [0.2, 0.25) is 0 Å². The summed E-state index contributed by atoms with van der Waals surface area (Å²) in [5, 5.41) is 6.13. The number of rotatable bonds is 7. The molecule has 1 aromatic carbocycles. The van der Waals surface area contributed by atoms with Crippen molar-refractivity contribution >= 4 is 11.6 Å². The number of fused-ring (bicyclic) bond motifs is 1. The number of nitrogens with zero attached hydrogens (tertiary/aromatic N) is 1. The summed E-state index contributed by atoms with van der Waals surface area (Å²) in [6.45, 7) is 6.16. The van der Waals surface area contributed by atoms with Gasteiger partial charge in [0.2, 0.25) is 5.91 Å². The van der Waals surface area contributed by atoms with Gasteiger partial charge in [0.05, 0.1) is 0 Å². The highest BCUT2D eigenvalue weighted by Gasteiger charge is 2.21. The fourth-order valence-electron chi connectivity index (χ4n) is 2.72. The molecule has 0 fully saturated rings.